The van der Waals surface area contributed by atoms with E-state index in [4.69, 9.17) is 31.2 Å². The van der Waals surface area contributed by atoms with Crippen LogP contribution in [0.4, 0.5) is 4.39 Å². The van der Waals surface area contributed by atoms with Gasteiger partial charge >= 0.3 is 0 Å². The fourth-order valence-electron chi connectivity index (χ4n) is 5.13. The van der Waals surface area contributed by atoms with E-state index >= 15 is 0 Å². The third kappa shape index (κ3) is 4.89. The number of hydrogen-bond donors (Lipinski definition) is 0. The molecule has 3 aromatic heterocycles. The minimum absolute atomic E-state index is 0.0572. The number of ether oxygens (including phenoxy) is 2. The smallest absolute Gasteiger partial charge is 0.215 e. The molecule has 2 aliphatic heterocycles. The molecule has 1 saturated heterocycles. The summed E-state index contributed by atoms with van der Waals surface area (Å²) in [5.41, 5.74) is 4.77. The van der Waals surface area contributed by atoms with Crippen LogP contribution in [0.15, 0.2) is 66.9 Å². The molecule has 10 heteroatoms. The molecule has 39 heavy (non-hydrogen) atoms. The molecule has 0 spiro atoms. The van der Waals surface area contributed by atoms with Crippen molar-refractivity contribution in [2.75, 3.05) is 6.61 Å². The van der Waals surface area contributed by atoms with Crippen LogP contribution in [0.3, 0.4) is 0 Å². The number of rotatable bonds is 8. The Morgan fingerprint density at radius 2 is 1.95 bits per heavy atom. The number of benzene rings is 2. The van der Waals surface area contributed by atoms with Gasteiger partial charge in [-0.1, -0.05) is 35.9 Å². The molecule has 0 bridgehead atoms. The number of pyridine rings is 1. The van der Waals surface area contributed by atoms with Crippen molar-refractivity contribution in [1.82, 2.24) is 29.2 Å². The molecule has 2 aromatic carbocycles. The average Bonchev–Trinajstić information content (AvgIpc) is 3.57. The van der Waals surface area contributed by atoms with E-state index in [9.17, 15) is 4.39 Å². The summed E-state index contributed by atoms with van der Waals surface area (Å²) in [6, 6.07) is 18.3. The number of imidazole rings is 1. The molecule has 0 radical (unpaired) electrons. The summed E-state index contributed by atoms with van der Waals surface area (Å²) in [6.45, 7) is 3.98. The van der Waals surface area contributed by atoms with Crippen molar-refractivity contribution in [3.8, 4) is 11.7 Å². The van der Waals surface area contributed by atoms with Crippen molar-refractivity contribution >= 4 is 22.6 Å². The van der Waals surface area contributed by atoms with E-state index in [-0.39, 0.29) is 12.7 Å². The second-order valence-electron chi connectivity index (χ2n) is 9.96. The summed E-state index contributed by atoms with van der Waals surface area (Å²) >= 11 is 5.84. The molecule has 7 rings (SSSR count). The molecule has 5 heterocycles. The number of fused-ring (bicyclic) bond motifs is 2. The van der Waals surface area contributed by atoms with E-state index in [0.29, 0.717) is 22.3 Å². The molecule has 1 fully saturated rings. The Kier molecular flexibility index (Phi) is 6.27. The zero-order chi connectivity index (χ0) is 26.3. The van der Waals surface area contributed by atoms with Crippen LogP contribution in [-0.4, -0.2) is 41.9 Å². The highest BCUT2D eigenvalue weighted by atomic mass is 35.5. The molecule has 5 aromatic rings. The van der Waals surface area contributed by atoms with Crippen LogP contribution in [0.1, 0.15) is 29.1 Å². The largest absolute Gasteiger partial charge is 0.473 e. The second kappa shape index (κ2) is 10.1. The monoisotopic (exact) mass is 544 g/mol. The summed E-state index contributed by atoms with van der Waals surface area (Å²) in [6.07, 6.45) is 3.37. The van der Waals surface area contributed by atoms with E-state index in [1.54, 1.807) is 22.9 Å². The van der Waals surface area contributed by atoms with E-state index < -0.39 is 5.82 Å². The lowest BCUT2D eigenvalue weighted by atomic mass is 10.2. The molecular weight excluding hydrogens is 519 g/mol. The van der Waals surface area contributed by atoms with Gasteiger partial charge in [0.1, 0.15) is 18.2 Å². The molecule has 8 nitrogen and oxygen atoms in total. The summed E-state index contributed by atoms with van der Waals surface area (Å²) in [5, 5.41) is 5.16. The van der Waals surface area contributed by atoms with Gasteiger partial charge in [-0.25, -0.2) is 14.1 Å². The Labute approximate surface area is 229 Å². The van der Waals surface area contributed by atoms with Crippen molar-refractivity contribution in [3.05, 3.63) is 100 Å². The van der Waals surface area contributed by atoms with Crippen LogP contribution >= 0.6 is 11.6 Å². The highest BCUT2D eigenvalue weighted by molar-refractivity contribution is 6.30. The van der Waals surface area contributed by atoms with Crippen LogP contribution < -0.4 is 4.74 Å². The lowest BCUT2D eigenvalue weighted by Crippen LogP contribution is -2.32. The van der Waals surface area contributed by atoms with Gasteiger partial charge in [0.25, 0.3) is 0 Å². The van der Waals surface area contributed by atoms with E-state index in [1.807, 2.05) is 24.4 Å². The van der Waals surface area contributed by atoms with E-state index in [2.05, 4.69) is 32.7 Å². The number of halogens is 2. The lowest BCUT2D eigenvalue weighted by molar-refractivity contribution is -0.0592. The van der Waals surface area contributed by atoms with E-state index in [1.165, 1.54) is 6.07 Å². The molecule has 0 aliphatic carbocycles. The first-order chi connectivity index (χ1) is 19.1. The minimum Gasteiger partial charge on any atom is -0.473 e. The maximum absolute atomic E-state index is 14.1. The first-order valence-electron chi connectivity index (χ1n) is 13.0. The highest BCUT2D eigenvalue weighted by Gasteiger charge is 2.27. The lowest BCUT2D eigenvalue weighted by Gasteiger charge is -2.28. The number of aromatic nitrogens is 5. The van der Waals surface area contributed by atoms with Gasteiger partial charge in [-0.05, 0) is 36.8 Å². The molecule has 0 amide bonds. The Bertz CT molecular complexity index is 1640. The summed E-state index contributed by atoms with van der Waals surface area (Å²) in [5.74, 6) is 1.69. The highest BCUT2D eigenvalue weighted by Crippen LogP contribution is 2.27. The molecule has 0 unspecified atom stereocenters. The van der Waals surface area contributed by atoms with Gasteiger partial charge < -0.3 is 14.0 Å². The van der Waals surface area contributed by atoms with Crippen molar-refractivity contribution < 1.29 is 13.9 Å². The van der Waals surface area contributed by atoms with Crippen molar-refractivity contribution in [1.29, 1.82) is 0 Å². The first kappa shape index (κ1) is 24.3. The molecule has 1 atom stereocenters. The van der Waals surface area contributed by atoms with Gasteiger partial charge in [0.05, 0.1) is 35.9 Å². The van der Waals surface area contributed by atoms with Crippen LogP contribution in [0.5, 0.6) is 5.88 Å². The predicted octanol–water partition coefficient (Wildman–Crippen LogP) is 5.29. The maximum atomic E-state index is 14.1. The van der Waals surface area contributed by atoms with Gasteiger partial charge in [-0.3, -0.25) is 4.90 Å². The predicted molar refractivity (Wildman–Crippen MR) is 144 cm³/mol. The van der Waals surface area contributed by atoms with Gasteiger partial charge in [-0.2, -0.15) is 10.1 Å². The van der Waals surface area contributed by atoms with Crippen LogP contribution in [0.2, 0.25) is 5.02 Å². The first-order valence-corrected chi connectivity index (χ1v) is 13.4. The third-order valence-corrected chi connectivity index (χ3v) is 7.49. The normalized spacial score (nSPS) is 16.9. The summed E-state index contributed by atoms with van der Waals surface area (Å²) in [7, 11) is 0. The third-order valence-electron chi connectivity index (χ3n) is 7.26. The summed E-state index contributed by atoms with van der Waals surface area (Å²) in [4.78, 5) is 11.9. The Hall–Kier alpha value is -3.79. The Morgan fingerprint density at radius 3 is 2.77 bits per heavy atom. The Balaban J connectivity index is 1.04. The number of nitrogens with zero attached hydrogens (tertiary/aromatic N) is 6. The van der Waals surface area contributed by atoms with Crippen molar-refractivity contribution in [2.45, 2.75) is 45.3 Å². The number of hydrogen-bond acceptors (Lipinski definition) is 6. The molecule has 0 saturated carbocycles. The van der Waals surface area contributed by atoms with Crippen LogP contribution in [-0.2, 0) is 37.5 Å². The minimum atomic E-state index is -0.404. The second-order valence-corrected chi connectivity index (χ2v) is 10.4. The zero-order valence-corrected chi connectivity index (χ0v) is 21.9. The van der Waals surface area contributed by atoms with Crippen molar-refractivity contribution in [2.24, 2.45) is 0 Å². The van der Waals surface area contributed by atoms with Gasteiger partial charge in [0, 0.05) is 48.1 Å². The average molecular weight is 545 g/mol. The standard InChI is InChI=1S/C29H26ClFN6O2/c30-21-9-8-19(23(31)12-21)18-39-29-7-3-6-27(33-29)37-14-20-13-35(16-25(20)34-37)17-28-32-24-4-1-2-5-26(24)36(28)15-22-10-11-38-22/h1-9,12,14,22H,10-11,13,15-18H2/t22-/m0/s1. The summed E-state index contributed by atoms with van der Waals surface area (Å²) < 4.78 is 29.6. The van der Waals surface area contributed by atoms with Crippen molar-refractivity contribution in [3.63, 3.8) is 0 Å². The quantitative estimate of drug-likeness (QED) is 0.264. The van der Waals surface area contributed by atoms with Gasteiger partial charge in [0.2, 0.25) is 5.88 Å². The fourth-order valence-corrected chi connectivity index (χ4v) is 5.29. The number of para-hydroxylation sites is 2. The Morgan fingerprint density at radius 1 is 1.05 bits per heavy atom. The van der Waals surface area contributed by atoms with Gasteiger partial charge in [0.15, 0.2) is 5.82 Å². The topological polar surface area (TPSA) is 70.2 Å². The van der Waals surface area contributed by atoms with Crippen LogP contribution in [0.25, 0.3) is 16.9 Å². The molecule has 198 valence electrons. The molecule has 0 N–H and O–H groups in total. The SMILES string of the molecule is Fc1cc(Cl)ccc1COc1cccc(-n2cc3c(n2)CN(Cc2nc4ccccc4n2C[C@@H]2CCO2)C3)n1. The fraction of sp³-hybridized carbons (Fsp3) is 0.276. The molecule has 2 aliphatic rings. The van der Waals surface area contributed by atoms with Crippen LogP contribution in [0, 0.1) is 5.82 Å². The zero-order valence-electron chi connectivity index (χ0n) is 21.1. The van der Waals surface area contributed by atoms with E-state index in [0.717, 1.165) is 67.3 Å². The molecular formula is C29H26ClFN6O2. The maximum Gasteiger partial charge on any atom is 0.215 e. The van der Waals surface area contributed by atoms with Gasteiger partial charge in [-0.15, -0.1) is 0 Å².